The molecule has 0 fully saturated rings. The van der Waals surface area contributed by atoms with Gasteiger partial charge in [-0.25, -0.2) is 28.2 Å². The van der Waals surface area contributed by atoms with E-state index < -0.39 is 34.9 Å². The zero-order valence-electron chi connectivity index (χ0n) is 22.8. The summed E-state index contributed by atoms with van der Waals surface area (Å²) < 4.78 is 82.1. The number of carboxylic acid groups (broad SMARTS) is 1. The van der Waals surface area contributed by atoms with Crippen molar-refractivity contribution in [2.45, 2.75) is 44.8 Å². The Kier molecular flexibility index (Phi) is 7.86. The van der Waals surface area contributed by atoms with Gasteiger partial charge in [0.1, 0.15) is 22.8 Å². The summed E-state index contributed by atoms with van der Waals surface area (Å²) in [6, 6.07) is 8.06. The Morgan fingerprint density at radius 2 is 1.77 bits per heavy atom. The fraction of sp³-hybridized carbons (Fsp3) is 0.276. The number of imidazole rings is 1. The van der Waals surface area contributed by atoms with E-state index in [4.69, 9.17) is 9.26 Å². The zero-order valence-corrected chi connectivity index (χ0v) is 22.8. The van der Waals surface area contributed by atoms with Gasteiger partial charge in [-0.15, -0.1) is 0 Å². The lowest BCUT2D eigenvalue weighted by molar-refractivity contribution is -0.147. The van der Waals surface area contributed by atoms with Crippen molar-refractivity contribution in [2.24, 2.45) is 0 Å². The van der Waals surface area contributed by atoms with Gasteiger partial charge in [0.15, 0.2) is 23.2 Å². The summed E-state index contributed by atoms with van der Waals surface area (Å²) >= 11 is 0. The Balaban J connectivity index is 1.61. The standard InChI is InChI=1S/C29H24F5N5O4/c1-3-10-28(27(40)41,39-15-23-22(14-35-39)36-26(37-23)18-6-5-7-20(30)25(18)31)24-13-21(38-43-24)17-9-8-16(42-11-4-2)12-19(17)29(32,33)34/h5-9,12-15H,3-4,10-11H2,1-2H3,(H,40,41). The molecule has 224 valence electrons. The lowest BCUT2D eigenvalue weighted by Gasteiger charge is -2.28. The number of halogens is 5. The van der Waals surface area contributed by atoms with E-state index in [1.165, 1.54) is 36.7 Å². The molecule has 0 saturated heterocycles. The summed E-state index contributed by atoms with van der Waals surface area (Å²) in [6.07, 6.45) is -1.54. The van der Waals surface area contributed by atoms with Crippen molar-refractivity contribution in [2.75, 3.05) is 6.61 Å². The number of aliphatic carboxylic acids is 1. The molecular weight excluding hydrogens is 577 g/mol. The molecule has 0 amide bonds. The number of ether oxygens (including phenoxy) is 1. The van der Waals surface area contributed by atoms with Crippen LogP contribution in [0.25, 0.3) is 34.0 Å². The molecule has 14 heteroatoms. The number of fused-ring (bicyclic) bond motifs is 1. The molecule has 2 aliphatic heterocycles. The third-order valence-electron chi connectivity index (χ3n) is 6.78. The Hall–Kier alpha value is -4.88. The predicted octanol–water partition coefficient (Wildman–Crippen LogP) is 6.81. The van der Waals surface area contributed by atoms with Crippen molar-refractivity contribution in [1.82, 2.24) is 24.9 Å². The molecule has 43 heavy (non-hydrogen) atoms. The Morgan fingerprint density at radius 3 is 2.47 bits per heavy atom. The molecule has 9 nitrogen and oxygen atoms in total. The zero-order chi connectivity index (χ0) is 30.9. The van der Waals surface area contributed by atoms with Crippen molar-refractivity contribution >= 4 is 5.97 Å². The monoisotopic (exact) mass is 601 g/mol. The summed E-state index contributed by atoms with van der Waals surface area (Å²) in [5.74, 6) is -4.08. The number of nitrogens with zero attached hydrogens (tertiary/aromatic N) is 5. The van der Waals surface area contributed by atoms with Crippen LogP contribution >= 0.6 is 0 Å². The van der Waals surface area contributed by atoms with Crippen molar-refractivity contribution < 1.29 is 41.1 Å². The van der Waals surface area contributed by atoms with Gasteiger partial charge in [-0.1, -0.05) is 31.5 Å². The highest BCUT2D eigenvalue weighted by molar-refractivity contribution is 5.81. The summed E-state index contributed by atoms with van der Waals surface area (Å²) in [6.45, 7) is 3.75. The highest BCUT2D eigenvalue weighted by Gasteiger charge is 2.47. The third-order valence-corrected chi connectivity index (χ3v) is 6.78. The van der Waals surface area contributed by atoms with Gasteiger partial charge < -0.3 is 14.4 Å². The van der Waals surface area contributed by atoms with Gasteiger partial charge >= 0.3 is 12.1 Å². The van der Waals surface area contributed by atoms with E-state index in [9.17, 15) is 31.9 Å². The van der Waals surface area contributed by atoms with Crippen LogP contribution in [0.15, 0.2) is 59.4 Å². The van der Waals surface area contributed by atoms with E-state index in [1.807, 2.05) is 6.92 Å². The van der Waals surface area contributed by atoms with Gasteiger partial charge in [-0.05, 0) is 43.2 Å². The van der Waals surface area contributed by atoms with Crippen LogP contribution < -0.4 is 4.74 Å². The second-order valence-electron chi connectivity index (χ2n) is 9.68. The number of benzene rings is 2. The average Bonchev–Trinajstić information content (AvgIpc) is 3.63. The number of hydrogen-bond donors (Lipinski definition) is 1. The van der Waals surface area contributed by atoms with Gasteiger partial charge in [0, 0.05) is 11.6 Å². The summed E-state index contributed by atoms with van der Waals surface area (Å²) in [4.78, 5) is 21.3. The lowest BCUT2D eigenvalue weighted by Crippen LogP contribution is -2.44. The first kappa shape index (κ1) is 29.6. The molecule has 1 unspecified atom stereocenters. The third kappa shape index (κ3) is 5.40. The van der Waals surface area contributed by atoms with E-state index >= 15 is 0 Å². The first-order valence-corrected chi connectivity index (χ1v) is 13.2. The van der Waals surface area contributed by atoms with Crippen molar-refractivity contribution in [1.29, 1.82) is 0 Å². The van der Waals surface area contributed by atoms with Crippen LogP contribution in [0.4, 0.5) is 22.0 Å². The van der Waals surface area contributed by atoms with Crippen LogP contribution in [0.5, 0.6) is 5.75 Å². The first-order chi connectivity index (χ1) is 20.5. The van der Waals surface area contributed by atoms with E-state index in [2.05, 4.69) is 20.2 Å². The van der Waals surface area contributed by atoms with Crippen LogP contribution in [0, 0.1) is 11.6 Å². The topological polar surface area (TPSA) is 116 Å². The summed E-state index contributed by atoms with van der Waals surface area (Å²) in [5.41, 5.74) is -3.59. The SMILES string of the molecule is CCCOc1ccc(-c2cc(C(CCC)(C(=O)O)n3cc4nc(-c5cccc(F)c5F)nc-4cn3)on2)c(C(F)(F)F)c1. The summed E-state index contributed by atoms with van der Waals surface area (Å²) in [5, 5.41) is 18.5. The second-order valence-corrected chi connectivity index (χ2v) is 9.68. The van der Waals surface area contributed by atoms with Gasteiger partial charge in [-0.3, -0.25) is 0 Å². The molecule has 2 aliphatic rings. The van der Waals surface area contributed by atoms with E-state index in [1.54, 1.807) is 6.92 Å². The molecule has 0 aliphatic carbocycles. The Morgan fingerprint density at radius 1 is 1.00 bits per heavy atom. The van der Waals surface area contributed by atoms with Gasteiger partial charge in [0.05, 0.1) is 30.1 Å². The average molecular weight is 602 g/mol. The van der Waals surface area contributed by atoms with Crippen molar-refractivity contribution in [3.63, 3.8) is 0 Å². The first-order valence-electron chi connectivity index (χ1n) is 13.2. The molecule has 0 radical (unpaired) electrons. The van der Waals surface area contributed by atoms with Crippen LogP contribution in [0.2, 0.25) is 0 Å². The quantitative estimate of drug-likeness (QED) is 0.174. The molecule has 2 aromatic carbocycles. The number of aromatic nitrogens is 5. The second kappa shape index (κ2) is 11.4. The normalized spacial score (nSPS) is 13.3. The number of alkyl halides is 3. The van der Waals surface area contributed by atoms with Crippen molar-refractivity contribution in [3.05, 3.63) is 77.8 Å². The van der Waals surface area contributed by atoms with Crippen LogP contribution in [0.1, 0.15) is 44.4 Å². The molecule has 1 N–H and O–H groups in total. The van der Waals surface area contributed by atoms with E-state index in [0.717, 1.165) is 22.9 Å². The van der Waals surface area contributed by atoms with E-state index in [-0.39, 0.29) is 58.6 Å². The van der Waals surface area contributed by atoms with Gasteiger partial charge in [-0.2, -0.15) is 18.3 Å². The number of hydrogen-bond acceptors (Lipinski definition) is 7. The minimum atomic E-state index is -4.77. The van der Waals surface area contributed by atoms with Crippen LogP contribution in [-0.2, 0) is 16.5 Å². The Bertz CT molecular complexity index is 1750. The number of carboxylic acids is 1. The number of rotatable bonds is 10. The summed E-state index contributed by atoms with van der Waals surface area (Å²) in [7, 11) is 0. The maximum atomic E-state index is 14.4. The lowest BCUT2D eigenvalue weighted by atomic mass is 9.89. The highest BCUT2D eigenvalue weighted by Crippen LogP contribution is 2.41. The largest absolute Gasteiger partial charge is 0.494 e. The van der Waals surface area contributed by atoms with Crippen LogP contribution in [-0.4, -0.2) is 42.6 Å². The molecule has 0 bridgehead atoms. The predicted molar refractivity (Wildman–Crippen MR) is 142 cm³/mol. The number of carbonyl (C=O) groups is 1. The maximum Gasteiger partial charge on any atom is 0.417 e. The molecule has 0 spiro atoms. The minimum Gasteiger partial charge on any atom is -0.494 e. The van der Waals surface area contributed by atoms with Gasteiger partial charge in [0.25, 0.3) is 0 Å². The highest BCUT2D eigenvalue weighted by atomic mass is 19.4. The van der Waals surface area contributed by atoms with Crippen LogP contribution in [0.3, 0.4) is 0 Å². The molecule has 0 saturated carbocycles. The Labute approximate surface area is 241 Å². The smallest absolute Gasteiger partial charge is 0.417 e. The molecule has 3 heterocycles. The van der Waals surface area contributed by atoms with Gasteiger partial charge in [0.2, 0.25) is 5.54 Å². The fourth-order valence-electron chi connectivity index (χ4n) is 4.74. The molecule has 1 aromatic heterocycles. The molecular formula is C29H24F5N5O4. The molecule has 5 rings (SSSR count). The fourth-order valence-corrected chi connectivity index (χ4v) is 4.74. The van der Waals surface area contributed by atoms with E-state index in [0.29, 0.717) is 12.8 Å². The molecule has 3 aromatic rings. The molecule has 1 atom stereocenters. The van der Waals surface area contributed by atoms with Crippen molar-refractivity contribution in [3.8, 4) is 39.8 Å². The minimum absolute atomic E-state index is 0.0221. The maximum absolute atomic E-state index is 14.4.